The van der Waals surface area contributed by atoms with Crippen LogP contribution in [0.15, 0.2) is 64.1 Å². The second-order valence-corrected chi connectivity index (χ2v) is 9.30. The molecule has 0 fully saturated rings. The largest absolute Gasteiger partial charge is 0.497 e. The molecule has 0 aliphatic heterocycles. The van der Waals surface area contributed by atoms with E-state index >= 15 is 0 Å². The van der Waals surface area contributed by atoms with Crippen LogP contribution in [0.1, 0.15) is 5.76 Å². The number of sulfonamides is 1. The summed E-state index contributed by atoms with van der Waals surface area (Å²) < 4.78 is 43.2. The van der Waals surface area contributed by atoms with Crippen LogP contribution in [-0.2, 0) is 21.4 Å². The third-order valence-electron chi connectivity index (χ3n) is 4.44. The zero-order valence-electron chi connectivity index (χ0n) is 17.2. The molecule has 3 aromatic rings. The van der Waals surface area contributed by atoms with Crippen LogP contribution >= 0.6 is 23.2 Å². The van der Waals surface area contributed by atoms with E-state index in [9.17, 15) is 13.2 Å². The number of hydrogen-bond donors (Lipinski definition) is 1. The lowest BCUT2D eigenvalue weighted by molar-refractivity contribution is -0.116. The zero-order chi connectivity index (χ0) is 23.3. The zero-order valence-corrected chi connectivity index (χ0v) is 19.5. The Hall–Kier alpha value is -2.72. The number of anilines is 1. The fourth-order valence-electron chi connectivity index (χ4n) is 2.84. The minimum absolute atomic E-state index is 0.0816. The van der Waals surface area contributed by atoms with Gasteiger partial charge in [0, 0.05) is 6.07 Å². The molecule has 0 saturated carbocycles. The Labute approximate surface area is 195 Å². The average Bonchev–Trinajstić information content (AvgIpc) is 3.28. The predicted octanol–water partition coefficient (Wildman–Crippen LogP) is 4.43. The van der Waals surface area contributed by atoms with Gasteiger partial charge in [-0.05, 0) is 42.5 Å². The van der Waals surface area contributed by atoms with Gasteiger partial charge in [0.25, 0.3) is 0 Å². The van der Waals surface area contributed by atoms with Gasteiger partial charge in [0.2, 0.25) is 15.9 Å². The SMILES string of the molecule is COc1ccc(NC(=O)CN(Cc2ccco2)S(=O)(=O)c2ccc(Cl)c(Cl)c2)c(OC)c1. The summed E-state index contributed by atoms with van der Waals surface area (Å²) in [4.78, 5) is 12.7. The first-order valence-electron chi connectivity index (χ1n) is 9.24. The molecular formula is C21H20Cl2N2O6S. The molecule has 0 radical (unpaired) electrons. The second kappa shape index (κ2) is 10.3. The lowest BCUT2D eigenvalue weighted by Gasteiger charge is -2.21. The number of halogens is 2. The molecule has 0 bridgehead atoms. The van der Waals surface area contributed by atoms with Gasteiger partial charge in [-0.15, -0.1) is 0 Å². The smallest absolute Gasteiger partial charge is 0.244 e. The fourth-order valence-corrected chi connectivity index (χ4v) is 4.59. The van der Waals surface area contributed by atoms with E-state index in [1.54, 1.807) is 30.3 Å². The Morgan fingerprint density at radius 2 is 1.84 bits per heavy atom. The van der Waals surface area contributed by atoms with Gasteiger partial charge in [-0.25, -0.2) is 8.42 Å². The quantitative estimate of drug-likeness (QED) is 0.468. The Balaban J connectivity index is 1.87. The molecule has 1 aromatic heterocycles. The van der Waals surface area contributed by atoms with Crippen LogP contribution < -0.4 is 14.8 Å². The van der Waals surface area contributed by atoms with Gasteiger partial charge in [0.15, 0.2) is 0 Å². The standard InChI is InChI=1S/C21H20Cl2N2O6S/c1-29-14-5-8-19(20(10-14)30-2)24-21(26)13-25(12-15-4-3-9-31-15)32(27,28)16-6-7-17(22)18(23)11-16/h3-11H,12-13H2,1-2H3,(H,24,26). The van der Waals surface area contributed by atoms with Crippen molar-refractivity contribution in [3.63, 3.8) is 0 Å². The lowest BCUT2D eigenvalue weighted by Crippen LogP contribution is -2.37. The van der Waals surface area contributed by atoms with Gasteiger partial charge in [-0.1, -0.05) is 23.2 Å². The highest BCUT2D eigenvalue weighted by molar-refractivity contribution is 7.89. The topological polar surface area (TPSA) is 98.1 Å². The normalized spacial score (nSPS) is 11.4. The maximum atomic E-state index is 13.3. The fraction of sp³-hybridized carbons (Fsp3) is 0.190. The minimum atomic E-state index is -4.11. The molecule has 0 atom stereocenters. The molecule has 32 heavy (non-hydrogen) atoms. The molecule has 0 aliphatic rings. The molecule has 11 heteroatoms. The molecule has 0 unspecified atom stereocenters. The molecular weight excluding hydrogens is 479 g/mol. The summed E-state index contributed by atoms with van der Waals surface area (Å²) in [5, 5.41) is 2.96. The minimum Gasteiger partial charge on any atom is -0.497 e. The number of carbonyl (C=O) groups is 1. The Morgan fingerprint density at radius 3 is 2.47 bits per heavy atom. The monoisotopic (exact) mass is 498 g/mol. The Morgan fingerprint density at radius 1 is 1.06 bits per heavy atom. The van der Waals surface area contributed by atoms with Gasteiger partial charge in [-0.2, -0.15) is 4.31 Å². The van der Waals surface area contributed by atoms with Crippen molar-refractivity contribution < 1.29 is 27.1 Å². The highest BCUT2D eigenvalue weighted by atomic mass is 35.5. The molecule has 1 N–H and O–H groups in total. The van der Waals surface area contributed by atoms with Gasteiger partial charge in [0.1, 0.15) is 17.3 Å². The van der Waals surface area contributed by atoms with Crippen LogP contribution in [0, 0.1) is 0 Å². The van der Waals surface area contributed by atoms with Crippen molar-refractivity contribution in [3.05, 3.63) is 70.6 Å². The van der Waals surface area contributed by atoms with E-state index in [1.807, 2.05) is 0 Å². The highest BCUT2D eigenvalue weighted by Crippen LogP contribution is 2.30. The van der Waals surface area contributed by atoms with E-state index < -0.39 is 22.5 Å². The first-order valence-corrected chi connectivity index (χ1v) is 11.4. The summed E-state index contributed by atoms with van der Waals surface area (Å²) in [6, 6.07) is 12.0. The highest BCUT2D eigenvalue weighted by Gasteiger charge is 2.28. The maximum absolute atomic E-state index is 13.3. The molecule has 0 aliphatic carbocycles. The van der Waals surface area contributed by atoms with E-state index in [2.05, 4.69) is 5.32 Å². The van der Waals surface area contributed by atoms with Crippen LogP contribution in [0.4, 0.5) is 5.69 Å². The molecule has 8 nitrogen and oxygen atoms in total. The molecule has 0 saturated heterocycles. The van der Waals surface area contributed by atoms with Crippen molar-refractivity contribution in [2.75, 3.05) is 26.1 Å². The number of rotatable bonds is 9. The van der Waals surface area contributed by atoms with Crippen molar-refractivity contribution in [1.29, 1.82) is 0 Å². The number of benzene rings is 2. The van der Waals surface area contributed by atoms with E-state index in [1.165, 1.54) is 38.7 Å². The summed E-state index contributed by atoms with van der Waals surface area (Å²) >= 11 is 11.9. The Kier molecular flexibility index (Phi) is 7.68. The summed E-state index contributed by atoms with van der Waals surface area (Å²) in [6.07, 6.45) is 1.42. The van der Waals surface area contributed by atoms with E-state index in [4.69, 9.17) is 37.1 Å². The number of carbonyl (C=O) groups excluding carboxylic acids is 1. The van der Waals surface area contributed by atoms with Crippen LogP contribution in [-0.4, -0.2) is 39.4 Å². The van der Waals surface area contributed by atoms with Crippen molar-refractivity contribution in [2.24, 2.45) is 0 Å². The van der Waals surface area contributed by atoms with Crippen LogP contribution in [0.25, 0.3) is 0 Å². The molecule has 2 aromatic carbocycles. The maximum Gasteiger partial charge on any atom is 0.244 e. The summed E-state index contributed by atoms with van der Waals surface area (Å²) in [5.74, 6) is 0.691. The summed E-state index contributed by atoms with van der Waals surface area (Å²) in [6.45, 7) is -0.652. The summed E-state index contributed by atoms with van der Waals surface area (Å²) in [7, 11) is -1.16. The number of methoxy groups -OCH3 is 2. The molecule has 170 valence electrons. The Bertz CT molecular complexity index is 1200. The van der Waals surface area contributed by atoms with Crippen LogP contribution in [0.5, 0.6) is 11.5 Å². The molecule has 3 rings (SSSR count). The molecule has 1 heterocycles. The second-order valence-electron chi connectivity index (χ2n) is 6.54. The molecule has 0 spiro atoms. The van der Waals surface area contributed by atoms with Crippen molar-refractivity contribution >= 4 is 44.8 Å². The van der Waals surface area contributed by atoms with Crippen LogP contribution in [0.3, 0.4) is 0 Å². The average molecular weight is 499 g/mol. The molecule has 1 amide bonds. The summed E-state index contributed by atoms with van der Waals surface area (Å²) in [5.41, 5.74) is 0.364. The van der Waals surface area contributed by atoms with Crippen molar-refractivity contribution in [1.82, 2.24) is 4.31 Å². The lowest BCUT2D eigenvalue weighted by atomic mass is 10.2. The van der Waals surface area contributed by atoms with Crippen LogP contribution in [0.2, 0.25) is 10.0 Å². The number of furan rings is 1. The number of amides is 1. The first kappa shape index (κ1) is 23.9. The third kappa shape index (κ3) is 5.55. The van der Waals surface area contributed by atoms with Crippen molar-refractivity contribution in [2.45, 2.75) is 11.4 Å². The number of ether oxygens (including phenoxy) is 2. The first-order chi connectivity index (χ1) is 15.2. The number of hydrogen-bond acceptors (Lipinski definition) is 6. The number of nitrogens with zero attached hydrogens (tertiary/aromatic N) is 1. The van der Waals surface area contributed by atoms with Gasteiger partial charge < -0.3 is 19.2 Å². The van der Waals surface area contributed by atoms with Gasteiger partial charge in [0.05, 0.1) is 54.2 Å². The third-order valence-corrected chi connectivity index (χ3v) is 6.97. The van der Waals surface area contributed by atoms with E-state index in [-0.39, 0.29) is 21.5 Å². The predicted molar refractivity (Wildman–Crippen MR) is 121 cm³/mol. The number of nitrogens with one attached hydrogen (secondary N) is 1. The van der Waals surface area contributed by atoms with E-state index in [0.29, 0.717) is 22.9 Å². The van der Waals surface area contributed by atoms with Gasteiger partial charge in [-0.3, -0.25) is 4.79 Å². The van der Waals surface area contributed by atoms with Gasteiger partial charge >= 0.3 is 0 Å². The van der Waals surface area contributed by atoms with Crippen molar-refractivity contribution in [3.8, 4) is 11.5 Å². The van der Waals surface area contributed by atoms with E-state index in [0.717, 1.165) is 4.31 Å².